The first-order chi connectivity index (χ1) is 7.00. The molecule has 0 heterocycles. The van der Waals surface area contributed by atoms with Gasteiger partial charge >= 0.3 is 0 Å². The first kappa shape index (κ1) is 11.2. The third-order valence-corrected chi connectivity index (χ3v) is 4.92. The Morgan fingerprint density at radius 1 is 1.13 bits per heavy atom. The molecule has 15 heavy (non-hydrogen) atoms. The summed E-state index contributed by atoms with van der Waals surface area (Å²) in [5, 5.41) is 0. The van der Waals surface area contributed by atoms with Crippen LogP contribution in [0, 0.1) is 29.1 Å². The average molecular weight is 206 g/mol. The van der Waals surface area contributed by atoms with Gasteiger partial charge in [-0.3, -0.25) is 0 Å². The van der Waals surface area contributed by atoms with Crippen molar-refractivity contribution in [3.63, 3.8) is 0 Å². The van der Waals surface area contributed by atoms with Crippen molar-refractivity contribution in [1.82, 2.24) is 0 Å². The highest BCUT2D eigenvalue weighted by Crippen LogP contribution is 2.56. The van der Waals surface area contributed by atoms with E-state index in [0.717, 1.165) is 23.7 Å². The highest BCUT2D eigenvalue weighted by molar-refractivity contribution is 5.01. The van der Waals surface area contributed by atoms with Crippen LogP contribution in [-0.4, -0.2) is 0 Å². The molecule has 0 aromatic rings. The lowest BCUT2D eigenvalue weighted by molar-refractivity contribution is -0.0484. The van der Waals surface area contributed by atoms with Crippen molar-refractivity contribution >= 4 is 0 Å². The van der Waals surface area contributed by atoms with Crippen LogP contribution in [0.4, 0.5) is 0 Å². The maximum absolute atomic E-state index is 2.47. The molecule has 2 rings (SSSR count). The molecule has 0 amide bonds. The molecule has 0 aliphatic heterocycles. The topological polar surface area (TPSA) is 0 Å². The van der Waals surface area contributed by atoms with Crippen molar-refractivity contribution in [2.24, 2.45) is 29.1 Å². The molecule has 0 aromatic heterocycles. The van der Waals surface area contributed by atoms with Gasteiger partial charge in [-0.2, -0.15) is 0 Å². The van der Waals surface area contributed by atoms with E-state index < -0.39 is 0 Å². The fourth-order valence-corrected chi connectivity index (χ4v) is 3.76. The molecule has 4 atom stereocenters. The SMILES string of the molecule is CC1/C=C\CC(C)C2CC(C)(C)C2CC1. The standard InChI is InChI=1S/C15H26/c1-11-6-5-7-12(2)13-10-15(3,4)14(13)9-8-11/h5-6,11-14H,7-10H2,1-4H3/b6-5-. The lowest BCUT2D eigenvalue weighted by Gasteiger charge is -2.54. The third-order valence-electron chi connectivity index (χ3n) is 4.92. The van der Waals surface area contributed by atoms with Gasteiger partial charge in [-0.1, -0.05) is 39.8 Å². The maximum Gasteiger partial charge on any atom is -0.0262 e. The van der Waals surface area contributed by atoms with Gasteiger partial charge in [0.15, 0.2) is 0 Å². The van der Waals surface area contributed by atoms with Gasteiger partial charge in [0.05, 0.1) is 0 Å². The zero-order valence-corrected chi connectivity index (χ0v) is 10.8. The van der Waals surface area contributed by atoms with Crippen molar-refractivity contribution < 1.29 is 0 Å². The minimum absolute atomic E-state index is 0.628. The van der Waals surface area contributed by atoms with Crippen LogP contribution in [0.5, 0.6) is 0 Å². The molecule has 0 spiro atoms. The van der Waals surface area contributed by atoms with Gasteiger partial charge in [0.1, 0.15) is 0 Å². The van der Waals surface area contributed by atoms with Crippen molar-refractivity contribution in [1.29, 1.82) is 0 Å². The summed E-state index contributed by atoms with van der Waals surface area (Å²) in [7, 11) is 0. The third kappa shape index (κ3) is 2.14. The van der Waals surface area contributed by atoms with Gasteiger partial charge in [0.2, 0.25) is 0 Å². The van der Waals surface area contributed by atoms with E-state index >= 15 is 0 Å². The second-order valence-electron chi connectivity index (χ2n) is 6.66. The highest BCUT2D eigenvalue weighted by atomic mass is 14.5. The van der Waals surface area contributed by atoms with Gasteiger partial charge in [-0.15, -0.1) is 0 Å². The van der Waals surface area contributed by atoms with Crippen molar-refractivity contribution in [2.45, 2.75) is 53.4 Å². The maximum atomic E-state index is 2.47. The average Bonchev–Trinajstić information content (AvgIpc) is 2.18. The molecule has 0 nitrogen and oxygen atoms in total. The molecule has 1 saturated carbocycles. The Bertz CT molecular complexity index is 249. The lowest BCUT2D eigenvalue weighted by atomic mass is 9.51. The van der Waals surface area contributed by atoms with E-state index in [2.05, 4.69) is 39.8 Å². The zero-order valence-electron chi connectivity index (χ0n) is 10.8. The summed E-state index contributed by atoms with van der Waals surface area (Å²) in [5.74, 6) is 3.71. The van der Waals surface area contributed by atoms with E-state index in [0.29, 0.717) is 5.41 Å². The van der Waals surface area contributed by atoms with Crippen molar-refractivity contribution in [2.75, 3.05) is 0 Å². The second kappa shape index (κ2) is 3.96. The number of hydrogen-bond acceptors (Lipinski definition) is 0. The van der Waals surface area contributed by atoms with Crippen molar-refractivity contribution in [3.8, 4) is 0 Å². The molecule has 0 saturated heterocycles. The van der Waals surface area contributed by atoms with E-state index in [1.54, 1.807) is 0 Å². The molecular formula is C15H26. The predicted octanol–water partition coefficient (Wildman–Crippen LogP) is 4.66. The molecule has 4 unspecified atom stereocenters. The van der Waals surface area contributed by atoms with E-state index in [9.17, 15) is 0 Å². The lowest BCUT2D eigenvalue weighted by Crippen LogP contribution is -2.46. The van der Waals surface area contributed by atoms with E-state index in [-0.39, 0.29) is 0 Å². The van der Waals surface area contributed by atoms with Crippen LogP contribution < -0.4 is 0 Å². The minimum atomic E-state index is 0.628. The molecule has 2 aliphatic rings. The summed E-state index contributed by atoms with van der Waals surface area (Å²) < 4.78 is 0. The summed E-state index contributed by atoms with van der Waals surface area (Å²) >= 11 is 0. The normalized spacial score (nSPS) is 46.7. The monoisotopic (exact) mass is 206 g/mol. The van der Waals surface area contributed by atoms with Crippen LogP contribution in [0.2, 0.25) is 0 Å². The summed E-state index contributed by atoms with van der Waals surface area (Å²) in [6.45, 7) is 9.76. The van der Waals surface area contributed by atoms with Crippen LogP contribution in [-0.2, 0) is 0 Å². The van der Waals surface area contributed by atoms with Crippen molar-refractivity contribution in [3.05, 3.63) is 12.2 Å². The zero-order chi connectivity index (χ0) is 11.1. The van der Waals surface area contributed by atoms with E-state index in [4.69, 9.17) is 0 Å². The molecule has 0 bridgehead atoms. The second-order valence-corrected chi connectivity index (χ2v) is 6.66. The quantitative estimate of drug-likeness (QED) is 0.506. The number of allylic oxidation sites excluding steroid dienone is 2. The molecule has 0 aromatic carbocycles. The molecular weight excluding hydrogens is 180 g/mol. The summed E-state index contributed by atoms with van der Waals surface area (Å²) in [5.41, 5.74) is 0.628. The molecule has 1 fully saturated rings. The van der Waals surface area contributed by atoms with Gasteiger partial charge in [0.25, 0.3) is 0 Å². The largest absolute Gasteiger partial charge is 0.0880 e. The summed E-state index contributed by atoms with van der Waals surface area (Å²) in [6, 6.07) is 0. The Balaban J connectivity index is 2.08. The van der Waals surface area contributed by atoms with Gasteiger partial charge < -0.3 is 0 Å². The Hall–Kier alpha value is -0.260. The molecule has 86 valence electrons. The molecule has 2 aliphatic carbocycles. The number of rotatable bonds is 0. The van der Waals surface area contributed by atoms with Crippen LogP contribution >= 0.6 is 0 Å². The van der Waals surface area contributed by atoms with Crippen LogP contribution in [0.3, 0.4) is 0 Å². The van der Waals surface area contributed by atoms with Crippen LogP contribution in [0.25, 0.3) is 0 Å². The number of fused-ring (bicyclic) bond motifs is 1. The minimum Gasteiger partial charge on any atom is -0.0880 e. The van der Waals surface area contributed by atoms with Gasteiger partial charge in [0, 0.05) is 0 Å². The van der Waals surface area contributed by atoms with Crippen LogP contribution in [0.1, 0.15) is 53.4 Å². The molecule has 0 N–H and O–H groups in total. The Labute approximate surface area is 95.1 Å². The summed E-state index contributed by atoms with van der Waals surface area (Å²) in [4.78, 5) is 0. The highest BCUT2D eigenvalue weighted by Gasteiger charge is 2.48. The first-order valence-electron chi connectivity index (χ1n) is 6.67. The fourth-order valence-electron chi connectivity index (χ4n) is 3.76. The van der Waals surface area contributed by atoms with E-state index in [1.807, 2.05) is 0 Å². The van der Waals surface area contributed by atoms with Crippen LogP contribution in [0.15, 0.2) is 12.2 Å². The first-order valence-corrected chi connectivity index (χ1v) is 6.67. The Morgan fingerprint density at radius 2 is 1.87 bits per heavy atom. The number of hydrogen-bond donors (Lipinski definition) is 0. The van der Waals surface area contributed by atoms with E-state index in [1.165, 1.54) is 25.7 Å². The fraction of sp³-hybridized carbons (Fsp3) is 0.867. The predicted molar refractivity (Wildman–Crippen MR) is 66.7 cm³/mol. The molecule has 0 radical (unpaired) electrons. The summed E-state index contributed by atoms with van der Waals surface area (Å²) in [6.07, 6.45) is 10.5. The Kier molecular flexibility index (Phi) is 2.96. The van der Waals surface area contributed by atoms with Gasteiger partial charge in [-0.25, -0.2) is 0 Å². The molecule has 0 heteroatoms. The van der Waals surface area contributed by atoms with Gasteiger partial charge in [-0.05, 0) is 54.8 Å². The smallest absolute Gasteiger partial charge is 0.0262 e. The Morgan fingerprint density at radius 3 is 2.53 bits per heavy atom.